The molecule has 4 heteroatoms. The normalized spacial score (nSPS) is 19.7. The minimum Gasteiger partial charge on any atom is -0.493 e. The van der Waals surface area contributed by atoms with Crippen molar-refractivity contribution in [1.29, 1.82) is 0 Å². The zero-order chi connectivity index (χ0) is 13.1. The summed E-state index contributed by atoms with van der Waals surface area (Å²) in [6, 6.07) is 2.01. The van der Waals surface area contributed by atoms with E-state index in [1.807, 2.05) is 6.07 Å². The molecule has 1 aliphatic rings. The molecule has 100 valence electrons. The Hall–Kier alpha value is -0.740. The number of piperidine rings is 1. The van der Waals surface area contributed by atoms with Gasteiger partial charge in [0, 0.05) is 11.0 Å². The van der Waals surface area contributed by atoms with Gasteiger partial charge in [-0.2, -0.15) is 0 Å². The molecule has 1 heterocycles. The highest BCUT2D eigenvalue weighted by molar-refractivity contribution is 9.10. The van der Waals surface area contributed by atoms with Gasteiger partial charge in [0.2, 0.25) is 0 Å². The molecule has 0 amide bonds. The van der Waals surface area contributed by atoms with Gasteiger partial charge in [0.25, 0.3) is 0 Å². The van der Waals surface area contributed by atoms with Gasteiger partial charge in [-0.25, -0.2) is 0 Å². The van der Waals surface area contributed by atoms with E-state index in [0.717, 1.165) is 29.1 Å². The molecule has 2 rings (SSSR count). The highest BCUT2D eigenvalue weighted by Gasteiger charge is 2.23. The van der Waals surface area contributed by atoms with E-state index in [4.69, 9.17) is 9.47 Å². The molecule has 1 aromatic rings. The van der Waals surface area contributed by atoms with Crippen LogP contribution >= 0.6 is 15.9 Å². The quantitative estimate of drug-likeness (QED) is 0.929. The first-order chi connectivity index (χ1) is 8.69. The summed E-state index contributed by atoms with van der Waals surface area (Å²) in [5, 5.41) is 3.46. The van der Waals surface area contributed by atoms with E-state index in [1.165, 1.54) is 24.0 Å². The predicted octanol–water partition coefficient (Wildman–Crippen LogP) is 3.24. The third-order valence-electron chi connectivity index (χ3n) is 3.61. The third-order valence-corrected chi connectivity index (χ3v) is 4.27. The van der Waals surface area contributed by atoms with Crippen LogP contribution in [-0.4, -0.2) is 27.3 Å². The van der Waals surface area contributed by atoms with Crippen molar-refractivity contribution in [3.05, 3.63) is 21.7 Å². The summed E-state index contributed by atoms with van der Waals surface area (Å²) in [5.74, 6) is 2.18. The fourth-order valence-electron chi connectivity index (χ4n) is 2.75. The van der Waals surface area contributed by atoms with Gasteiger partial charge in [-0.1, -0.05) is 15.9 Å². The summed E-state index contributed by atoms with van der Waals surface area (Å²) in [4.78, 5) is 0. The fraction of sp³-hybridized carbons (Fsp3) is 0.571. The highest BCUT2D eigenvalue weighted by atomic mass is 79.9. The average Bonchev–Trinajstić information content (AvgIpc) is 2.39. The zero-order valence-corrected chi connectivity index (χ0v) is 12.8. The SMILES string of the molecule is COc1cc(Br)c(C2CCCNC2)c(C)c1OC. The minimum absolute atomic E-state index is 0.549. The molecule has 1 fully saturated rings. The van der Waals surface area contributed by atoms with Crippen LogP contribution in [0, 0.1) is 6.92 Å². The molecule has 18 heavy (non-hydrogen) atoms. The average molecular weight is 314 g/mol. The Bertz CT molecular complexity index is 428. The summed E-state index contributed by atoms with van der Waals surface area (Å²) >= 11 is 3.67. The maximum atomic E-state index is 5.49. The summed E-state index contributed by atoms with van der Waals surface area (Å²) < 4.78 is 12.0. The lowest BCUT2D eigenvalue weighted by Gasteiger charge is -2.27. The molecular formula is C14H20BrNO2. The van der Waals surface area contributed by atoms with E-state index in [0.29, 0.717) is 5.92 Å². The van der Waals surface area contributed by atoms with Crippen molar-refractivity contribution in [3.63, 3.8) is 0 Å². The Kier molecular flexibility index (Phi) is 4.51. The lowest BCUT2D eigenvalue weighted by molar-refractivity contribution is 0.350. The van der Waals surface area contributed by atoms with Gasteiger partial charge in [-0.3, -0.25) is 0 Å². The van der Waals surface area contributed by atoms with E-state index in [-0.39, 0.29) is 0 Å². The molecule has 1 N–H and O–H groups in total. The number of benzene rings is 1. The Morgan fingerprint density at radius 1 is 1.33 bits per heavy atom. The molecule has 0 bridgehead atoms. The maximum absolute atomic E-state index is 5.49. The molecule has 1 atom stereocenters. The number of nitrogens with one attached hydrogen (secondary N) is 1. The molecule has 1 unspecified atom stereocenters. The van der Waals surface area contributed by atoms with Crippen molar-refractivity contribution in [3.8, 4) is 11.5 Å². The van der Waals surface area contributed by atoms with Crippen molar-refractivity contribution in [2.45, 2.75) is 25.7 Å². The standard InChI is InChI=1S/C14H20BrNO2/c1-9-13(10-5-4-6-16-8-10)11(15)7-12(17-2)14(9)18-3/h7,10,16H,4-6,8H2,1-3H3. The molecule has 1 aromatic carbocycles. The Labute approximate surface area is 117 Å². The largest absolute Gasteiger partial charge is 0.493 e. The predicted molar refractivity (Wildman–Crippen MR) is 76.8 cm³/mol. The van der Waals surface area contributed by atoms with Crippen LogP contribution in [0.5, 0.6) is 11.5 Å². The summed E-state index contributed by atoms with van der Waals surface area (Å²) in [6.45, 7) is 4.27. The van der Waals surface area contributed by atoms with E-state index in [1.54, 1.807) is 14.2 Å². The molecule has 0 radical (unpaired) electrons. The van der Waals surface area contributed by atoms with Gasteiger partial charge in [0.05, 0.1) is 14.2 Å². The molecular weight excluding hydrogens is 294 g/mol. The molecule has 1 aliphatic heterocycles. The first kappa shape index (κ1) is 13.7. The summed E-state index contributed by atoms with van der Waals surface area (Å²) in [6.07, 6.45) is 2.45. The Morgan fingerprint density at radius 2 is 2.11 bits per heavy atom. The second-order valence-electron chi connectivity index (χ2n) is 4.68. The third kappa shape index (κ3) is 2.50. The molecule has 0 saturated carbocycles. The minimum atomic E-state index is 0.549. The number of hydrogen-bond acceptors (Lipinski definition) is 3. The summed E-state index contributed by atoms with van der Waals surface area (Å²) in [7, 11) is 3.37. The van der Waals surface area contributed by atoms with Gasteiger partial charge in [0.15, 0.2) is 11.5 Å². The van der Waals surface area contributed by atoms with E-state index in [9.17, 15) is 0 Å². The van der Waals surface area contributed by atoms with Gasteiger partial charge in [-0.15, -0.1) is 0 Å². The lowest BCUT2D eigenvalue weighted by atomic mass is 9.88. The maximum Gasteiger partial charge on any atom is 0.163 e. The van der Waals surface area contributed by atoms with Crippen LogP contribution in [0.4, 0.5) is 0 Å². The first-order valence-corrected chi connectivity index (χ1v) is 7.10. The van der Waals surface area contributed by atoms with Gasteiger partial charge in [-0.05, 0) is 49.4 Å². The smallest absolute Gasteiger partial charge is 0.163 e. The van der Waals surface area contributed by atoms with Crippen molar-refractivity contribution in [1.82, 2.24) is 5.32 Å². The van der Waals surface area contributed by atoms with Crippen molar-refractivity contribution >= 4 is 15.9 Å². The monoisotopic (exact) mass is 313 g/mol. The zero-order valence-electron chi connectivity index (χ0n) is 11.2. The Balaban J connectivity index is 2.46. The lowest BCUT2D eigenvalue weighted by Crippen LogP contribution is -2.29. The number of halogens is 1. The van der Waals surface area contributed by atoms with Crippen LogP contribution < -0.4 is 14.8 Å². The molecule has 3 nitrogen and oxygen atoms in total. The Morgan fingerprint density at radius 3 is 2.67 bits per heavy atom. The van der Waals surface area contributed by atoms with Crippen molar-refractivity contribution < 1.29 is 9.47 Å². The topological polar surface area (TPSA) is 30.5 Å². The van der Waals surface area contributed by atoms with Gasteiger partial charge < -0.3 is 14.8 Å². The second-order valence-corrected chi connectivity index (χ2v) is 5.53. The van der Waals surface area contributed by atoms with Crippen molar-refractivity contribution in [2.24, 2.45) is 0 Å². The summed E-state index contributed by atoms with van der Waals surface area (Å²) in [5.41, 5.74) is 2.53. The number of rotatable bonds is 3. The number of methoxy groups -OCH3 is 2. The number of ether oxygens (including phenoxy) is 2. The van der Waals surface area contributed by atoms with E-state index >= 15 is 0 Å². The molecule has 0 spiro atoms. The van der Waals surface area contributed by atoms with E-state index < -0.39 is 0 Å². The fourth-order valence-corrected chi connectivity index (χ4v) is 3.58. The van der Waals surface area contributed by atoms with Crippen molar-refractivity contribution in [2.75, 3.05) is 27.3 Å². The molecule has 0 aliphatic carbocycles. The van der Waals surface area contributed by atoms with Crippen LogP contribution in [-0.2, 0) is 0 Å². The highest BCUT2D eigenvalue weighted by Crippen LogP contribution is 2.42. The first-order valence-electron chi connectivity index (χ1n) is 6.30. The second kappa shape index (κ2) is 5.93. The molecule has 0 aromatic heterocycles. The van der Waals surface area contributed by atoms with Crippen LogP contribution in [0.1, 0.15) is 29.9 Å². The van der Waals surface area contributed by atoms with E-state index in [2.05, 4.69) is 28.2 Å². The van der Waals surface area contributed by atoms with Gasteiger partial charge in [0.1, 0.15) is 0 Å². The van der Waals surface area contributed by atoms with Gasteiger partial charge >= 0.3 is 0 Å². The van der Waals surface area contributed by atoms with Crippen LogP contribution in [0.15, 0.2) is 10.5 Å². The van der Waals surface area contributed by atoms with Crippen LogP contribution in [0.25, 0.3) is 0 Å². The molecule has 1 saturated heterocycles. The van der Waals surface area contributed by atoms with Crippen LogP contribution in [0.3, 0.4) is 0 Å². The number of hydrogen-bond donors (Lipinski definition) is 1. The van der Waals surface area contributed by atoms with Crippen LogP contribution in [0.2, 0.25) is 0 Å².